The molecule has 0 aliphatic rings. The summed E-state index contributed by atoms with van der Waals surface area (Å²) in [7, 11) is 0. The summed E-state index contributed by atoms with van der Waals surface area (Å²) < 4.78 is 17.8. The number of Topliss-reactive ketones (excluding diaryl/α,β-unsaturated/α-hetero) is 1. The highest BCUT2D eigenvalue weighted by Crippen LogP contribution is 2.16. The molecule has 7 nitrogen and oxygen atoms in total. The summed E-state index contributed by atoms with van der Waals surface area (Å²) in [6.07, 6.45) is 1.99. The van der Waals surface area contributed by atoms with Gasteiger partial charge in [-0.15, -0.1) is 0 Å². The fourth-order valence-electron chi connectivity index (χ4n) is 3.72. The van der Waals surface area contributed by atoms with Crippen LogP contribution in [0.2, 0.25) is 0 Å². The van der Waals surface area contributed by atoms with E-state index in [0.29, 0.717) is 12.0 Å². The van der Waals surface area contributed by atoms with Crippen LogP contribution < -0.4 is 11.2 Å². The molecule has 0 saturated carbocycles. The molecule has 0 N–H and O–H groups in total. The van der Waals surface area contributed by atoms with Crippen molar-refractivity contribution in [1.82, 2.24) is 18.7 Å². The van der Waals surface area contributed by atoms with Gasteiger partial charge >= 0.3 is 5.69 Å². The Balaban J connectivity index is 1.90. The second kappa shape index (κ2) is 8.97. The lowest BCUT2D eigenvalue weighted by atomic mass is 10.1. The van der Waals surface area contributed by atoms with Crippen LogP contribution in [0.1, 0.15) is 36.2 Å². The third-order valence-corrected chi connectivity index (χ3v) is 5.58. The number of imidazole rings is 1. The molecule has 0 radical (unpaired) electrons. The predicted molar refractivity (Wildman–Crippen MR) is 125 cm³/mol. The predicted octanol–water partition coefficient (Wildman–Crippen LogP) is 3.73. The highest BCUT2D eigenvalue weighted by atomic mass is 19.1. The van der Waals surface area contributed by atoms with Crippen molar-refractivity contribution in [1.29, 1.82) is 0 Å². The van der Waals surface area contributed by atoms with Gasteiger partial charge in [-0.1, -0.05) is 49.7 Å². The number of carbonyl (C=O) groups is 1. The Labute approximate surface area is 189 Å². The molecular formula is C25H25FN4O3. The fourth-order valence-corrected chi connectivity index (χ4v) is 3.72. The first kappa shape index (κ1) is 22.4. The topological polar surface area (TPSA) is 78.9 Å². The van der Waals surface area contributed by atoms with Gasteiger partial charge in [0.05, 0.1) is 18.6 Å². The number of rotatable bonds is 7. The summed E-state index contributed by atoms with van der Waals surface area (Å²) in [4.78, 5) is 43.8. The molecule has 8 heteroatoms. The van der Waals surface area contributed by atoms with Crippen LogP contribution in [-0.4, -0.2) is 24.5 Å². The van der Waals surface area contributed by atoms with Gasteiger partial charge in [0.15, 0.2) is 16.9 Å². The van der Waals surface area contributed by atoms with E-state index in [4.69, 9.17) is 0 Å². The number of fused-ring (bicyclic) bond motifs is 1. The van der Waals surface area contributed by atoms with Crippen molar-refractivity contribution in [3.63, 3.8) is 0 Å². The molecule has 0 spiro atoms. The average molecular weight is 448 g/mol. The largest absolute Gasteiger partial charge is 0.337 e. The molecule has 0 unspecified atom stereocenters. The Morgan fingerprint density at radius 3 is 2.48 bits per heavy atom. The van der Waals surface area contributed by atoms with E-state index in [9.17, 15) is 18.8 Å². The number of hydrogen-bond acceptors (Lipinski definition) is 4. The van der Waals surface area contributed by atoms with E-state index in [2.05, 4.69) is 4.98 Å². The molecule has 4 aromatic rings. The third-order valence-electron chi connectivity index (χ3n) is 5.58. The molecule has 2 aromatic carbocycles. The van der Waals surface area contributed by atoms with E-state index in [1.807, 2.05) is 32.9 Å². The zero-order valence-electron chi connectivity index (χ0n) is 18.8. The lowest BCUT2D eigenvalue weighted by Crippen LogP contribution is -2.40. The van der Waals surface area contributed by atoms with Gasteiger partial charge in [0.2, 0.25) is 0 Å². The number of aryl methyl sites for hydroxylation is 1. The molecule has 0 bridgehead atoms. The lowest BCUT2D eigenvalue weighted by molar-refractivity contribution is 0.0973. The van der Waals surface area contributed by atoms with Crippen LogP contribution >= 0.6 is 0 Å². The quantitative estimate of drug-likeness (QED) is 0.404. The summed E-state index contributed by atoms with van der Waals surface area (Å²) in [5, 5.41) is 0. The van der Waals surface area contributed by atoms with Gasteiger partial charge in [0.1, 0.15) is 5.82 Å². The van der Waals surface area contributed by atoms with Crippen LogP contribution in [0.4, 0.5) is 4.39 Å². The maximum absolute atomic E-state index is 14.0. The Morgan fingerprint density at radius 2 is 1.82 bits per heavy atom. The summed E-state index contributed by atoms with van der Waals surface area (Å²) >= 11 is 0. The van der Waals surface area contributed by atoms with E-state index < -0.39 is 17.1 Å². The number of ketones is 1. The van der Waals surface area contributed by atoms with Gasteiger partial charge in [-0.3, -0.25) is 14.2 Å². The number of halogens is 1. The van der Waals surface area contributed by atoms with Gasteiger partial charge in [-0.05, 0) is 37.5 Å². The minimum atomic E-state index is -0.589. The normalized spacial score (nSPS) is 11.4. The Morgan fingerprint density at radius 1 is 1.09 bits per heavy atom. The van der Waals surface area contributed by atoms with Crippen molar-refractivity contribution in [2.75, 3.05) is 0 Å². The molecule has 4 rings (SSSR count). The zero-order chi connectivity index (χ0) is 23.7. The molecule has 33 heavy (non-hydrogen) atoms. The van der Waals surface area contributed by atoms with Crippen molar-refractivity contribution in [3.8, 4) is 5.69 Å². The Kier molecular flexibility index (Phi) is 6.09. The van der Waals surface area contributed by atoms with Crippen LogP contribution in [0.15, 0.2) is 64.4 Å². The maximum Gasteiger partial charge on any atom is 0.337 e. The SMILES string of the molecule is Cc1ccc(C(=O)Cn2cnc3c2c(=O)n(CCC(C)C)c(=O)n3-c2cccc(F)c2)cc1. The summed E-state index contributed by atoms with van der Waals surface area (Å²) in [5.74, 6) is -0.435. The molecular weight excluding hydrogens is 423 g/mol. The molecule has 0 fully saturated rings. The lowest BCUT2D eigenvalue weighted by Gasteiger charge is -2.13. The third kappa shape index (κ3) is 4.41. The first-order chi connectivity index (χ1) is 15.8. The highest BCUT2D eigenvalue weighted by Gasteiger charge is 2.21. The van der Waals surface area contributed by atoms with Crippen molar-refractivity contribution < 1.29 is 9.18 Å². The van der Waals surface area contributed by atoms with Crippen LogP contribution in [0.5, 0.6) is 0 Å². The molecule has 0 aliphatic carbocycles. The van der Waals surface area contributed by atoms with Crippen LogP contribution in [0, 0.1) is 18.7 Å². The van der Waals surface area contributed by atoms with Gasteiger partial charge in [-0.25, -0.2) is 18.7 Å². The molecule has 0 aliphatic heterocycles. The number of hydrogen-bond donors (Lipinski definition) is 0. The van der Waals surface area contributed by atoms with Crippen molar-refractivity contribution >= 4 is 16.9 Å². The number of benzene rings is 2. The molecule has 2 heterocycles. The first-order valence-corrected chi connectivity index (χ1v) is 10.8. The van der Waals surface area contributed by atoms with E-state index in [1.54, 1.807) is 18.2 Å². The van der Waals surface area contributed by atoms with E-state index in [-0.39, 0.29) is 41.6 Å². The zero-order valence-corrected chi connectivity index (χ0v) is 18.8. The van der Waals surface area contributed by atoms with Gasteiger partial charge < -0.3 is 4.57 Å². The van der Waals surface area contributed by atoms with Crippen molar-refractivity contribution in [3.05, 3.63) is 92.6 Å². The van der Waals surface area contributed by atoms with Gasteiger partial charge in [0, 0.05) is 12.1 Å². The van der Waals surface area contributed by atoms with E-state index >= 15 is 0 Å². The molecule has 2 aromatic heterocycles. The minimum Gasteiger partial charge on any atom is -0.317 e. The maximum atomic E-state index is 14.0. The molecule has 0 amide bonds. The second-order valence-electron chi connectivity index (χ2n) is 8.57. The van der Waals surface area contributed by atoms with Gasteiger partial charge in [-0.2, -0.15) is 0 Å². The fraction of sp³-hybridized carbons (Fsp3) is 0.280. The molecule has 0 atom stereocenters. The average Bonchev–Trinajstić information content (AvgIpc) is 3.17. The van der Waals surface area contributed by atoms with Crippen LogP contribution in [-0.2, 0) is 13.1 Å². The number of nitrogens with zero attached hydrogens (tertiary/aromatic N) is 4. The summed E-state index contributed by atoms with van der Waals surface area (Å²) in [6, 6.07) is 12.7. The molecule has 0 saturated heterocycles. The molecule has 170 valence electrons. The van der Waals surface area contributed by atoms with Crippen LogP contribution in [0.3, 0.4) is 0 Å². The number of carbonyl (C=O) groups excluding carboxylic acids is 1. The highest BCUT2D eigenvalue weighted by molar-refractivity contribution is 5.96. The summed E-state index contributed by atoms with van der Waals surface area (Å²) in [5.41, 5.74) is 0.925. The Hall–Kier alpha value is -3.81. The van der Waals surface area contributed by atoms with Gasteiger partial charge in [0.25, 0.3) is 5.56 Å². The standard InChI is InChI=1S/C25H25FN4O3/c1-16(2)11-12-29-24(32)22-23(30(25(29)33)20-6-4-5-19(26)13-20)27-15-28(22)14-21(31)18-9-7-17(3)8-10-18/h4-10,13,15-16H,11-12,14H2,1-3H3. The van der Waals surface area contributed by atoms with Crippen molar-refractivity contribution in [2.45, 2.75) is 40.3 Å². The first-order valence-electron chi connectivity index (χ1n) is 10.8. The minimum absolute atomic E-state index is 0.0908. The Bertz CT molecular complexity index is 1450. The van der Waals surface area contributed by atoms with Crippen LogP contribution in [0.25, 0.3) is 16.9 Å². The van der Waals surface area contributed by atoms with Crippen molar-refractivity contribution in [2.24, 2.45) is 5.92 Å². The van der Waals surface area contributed by atoms with E-state index in [0.717, 1.165) is 10.1 Å². The summed E-state index contributed by atoms with van der Waals surface area (Å²) in [6.45, 7) is 6.03. The monoisotopic (exact) mass is 448 g/mol. The smallest absolute Gasteiger partial charge is 0.317 e. The van der Waals surface area contributed by atoms with E-state index in [1.165, 1.54) is 33.7 Å². The second-order valence-corrected chi connectivity index (χ2v) is 8.57. The number of aromatic nitrogens is 4.